The molecule has 1 aromatic heterocycles. The van der Waals surface area contributed by atoms with Crippen LogP contribution in [0.1, 0.15) is 48.5 Å². The predicted molar refractivity (Wildman–Crippen MR) is 103 cm³/mol. The van der Waals surface area contributed by atoms with E-state index in [-0.39, 0.29) is 35.6 Å². The van der Waals surface area contributed by atoms with Gasteiger partial charge in [-0.2, -0.15) is 0 Å². The van der Waals surface area contributed by atoms with Gasteiger partial charge in [0.05, 0.1) is 17.5 Å². The number of thiophene rings is 1. The maximum absolute atomic E-state index is 13.2. The number of amides is 2. The van der Waals surface area contributed by atoms with Gasteiger partial charge >= 0.3 is 0 Å². The summed E-state index contributed by atoms with van der Waals surface area (Å²) in [6.07, 6.45) is 0.701. The normalized spacial score (nSPS) is 12.5. The van der Waals surface area contributed by atoms with E-state index in [1.54, 1.807) is 31.3 Å². The summed E-state index contributed by atoms with van der Waals surface area (Å²) < 4.78 is 13.2. The van der Waals surface area contributed by atoms with E-state index in [0.717, 1.165) is 5.56 Å². The molecule has 0 aliphatic heterocycles. The van der Waals surface area contributed by atoms with Crippen LogP contribution < -0.4 is 5.32 Å². The van der Waals surface area contributed by atoms with Gasteiger partial charge in [0, 0.05) is 7.05 Å². The van der Waals surface area contributed by atoms with Crippen LogP contribution in [0.4, 0.5) is 4.39 Å². The zero-order chi connectivity index (χ0) is 19.3. The Balaban J connectivity index is 2.05. The fraction of sp³-hybridized carbons (Fsp3) is 0.400. The molecule has 26 heavy (non-hydrogen) atoms. The van der Waals surface area contributed by atoms with Crippen molar-refractivity contribution in [3.8, 4) is 0 Å². The number of likely N-dealkylation sites (N-methyl/N-ethyl adjacent to an activating group) is 1. The molecular weight excluding hydrogens is 351 g/mol. The van der Waals surface area contributed by atoms with Gasteiger partial charge in [-0.25, -0.2) is 4.39 Å². The van der Waals surface area contributed by atoms with Crippen molar-refractivity contribution in [2.24, 2.45) is 5.41 Å². The maximum Gasteiger partial charge on any atom is 0.264 e. The molecule has 0 aliphatic carbocycles. The number of hydrogen-bond donors (Lipinski definition) is 1. The average Bonchev–Trinajstić information content (AvgIpc) is 3.07. The quantitative estimate of drug-likeness (QED) is 0.819. The molecule has 4 nitrogen and oxygen atoms in total. The summed E-state index contributed by atoms with van der Waals surface area (Å²) in [5.74, 6) is -0.726. The standard InChI is InChI=1S/C20H25FN2O2S/c1-20(2,3)12-16(14-7-9-15(21)10-8-14)22-18(24)13-23(4)19(25)17-6-5-11-26-17/h5-11,16H,12-13H2,1-4H3,(H,22,24)/t16-/m0/s1. The van der Waals surface area contributed by atoms with E-state index in [1.807, 2.05) is 5.38 Å². The van der Waals surface area contributed by atoms with Crippen molar-refractivity contribution in [1.29, 1.82) is 0 Å². The molecule has 0 radical (unpaired) electrons. The van der Waals surface area contributed by atoms with Gasteiger partial charge in [0.2, 0.25) is 5.91 Å². The van der Waals surface area contributed by atoms with E-state index in [9.17, 15) is 14.0 Å². The summed E-state index contributed by atoms with van der Waals surface area (Å²) in [4.78, 5) is 26.8. The van der Waals surface area contributed by atoms with Gasteiger partial charge < -0.3 is 10.2 Å². The van der Waals surface area contributed by atoms with Crippen molar-refractivity contribution >= 4 is 23.2 Å². The molecule has 2 rings (SSSR count). The molecule has 6 heteroatoms. The van der Waals surface area contributed by atoms with E-state index in [2.05, 4.69) is 26.1 Å². The predicted octanol–water partition coefficient (Wildman–Crippen LogP) is 4.25. The Kier molecular flexibility index (Phi) is 6.53. The summed E-state index contributed by atoms with van der Waals surface area (Å²) in [7, 11) is 1.61. The van der Waals surface area contributed by atoms with Gasteiger partial charge in [-0.05, 0) is 41.0 Å². The first-order chi connectivity index (χ1) is 12.2. The SMILES string of the molecule is CN(CC(=O)N[C@@H](CC(C)(C)C)c1ccc(F)cc1)C(=O)c1cccs1. The van der Waals surface area contributed by atoms with E-state index in [4.69, 9.17) is 0 Å². The molecule has 0 saturated carbocycles. The van der Waals surface area contributed by atoms with E-state index in [0.29, 0.717) is 11.3 Å². The number of nitrogens with one attached hydrogen (secondary N) is 1. The lowest BCUT2D eigenvalue weighted by Crippen LogP contribution is -2.40. The van der Waals surface area contributed by atoms with Crippen LogP contribution in [0, 0.1) is 11.2 Å². The summed E-state index contributed by atoms with van der Waals surface area (Å²) >= 11 is 1.35. The van der Waals surface area contributed by atoms with Crippen LogP contribution in [0.15, 0.2) is 41.8 Å². The number of hydrogen-bond acceptors (Lipinski definition) is 3. The molecule has 0 unspecified atom stereocenters. The summed E-state index contributed by atoms with van der Waals surface area (Å²) in [5.41, 5.74) is 0.826. The Morgan fingerprint density at radius 3 is 2.38 bits per heavy atom. The third-order valence-electron chi connectivity index (χ3n) is 3.88. The number of carbonyl (C=O) groups excluding carboxylic acids is 2. The Morgan fingerprint density at radius 2 is 1.85 bits per heavy atom. The molecule has 0 bridgehead atoms. The van der Waals surface area contributed by atoms with E-state index >= 15 is 0 Å². The molecule has 0 spiro atoms. The van der Waals surface area contributed by atoms with Crippen molar-refractivity contribution < 1.29 is 14.0 Å². The van der Waals surface area contributed by atoms with Crippen molar-refractivity contribution in [2.75, 3.05) is 13.6 Å². The van der Waals surface area contributed by atoms with Crippen LogP contribution in [-0.4, -0.2) is 30.3 Å². The van der Waals surface area contributed by atoms with Crippen molar-refractivity contribution in [2.45, 2.75) is 33.2 Å². The fourth-order valence-electron chi connectivity index (χ4n) is 2.68. The second-order valence-corrected chi connectivity index (χ2v) is 8.52. The van der Waals surface area contributed by atoms with E-state index in [1.165, 1.54) is 28.4 Å². The van der Waals surface area contributed by atoms with Crippen LogP contribution in [0.5, 0.6) is 0 Å². The largest absolute Gasteiger partial charge is 0.348 e. The molecule has 0 saturated heterocycles. The van der Waals surface area contributed by atoms with Crippen LogP contribution in [0.2, 0.25) is 0 Å². The third kappa shape index (κ3) is 5.95. The highest BCUT2D eigenvalue weighted by Gasteiger charge is 2.23. The second kappa shape index (κ2) is 8.45. The Hall–Kier alpha value is -2.21. The number of nitrogens with zero attached hydrogens (tertiary/aromatic N) is 1. The Morgan fingerprint density at radius 1 is 1.19 bits per heavy atom. The van der Waals surface area contributed by atoms with Crippen molar-refractivity contribution in [1.82, 2.24) is 10.2 Å². The monoisotopic (exact) mass is 376 g/mol. The summed E-state index contributed by atoms with van der Waals surface area (Å²) in [5, 5.41) is 4.82. The fourth-order valence-corrected chi connectivity index (χ4v) is 3.39. The van der Waals surface area contributed by atoms with Gasteiger partial charge in [-0.1, -0.05) is 39.0 Å². The molecule has 1 heterocycles. The molecule has 1 atom stereocenters. The van der Waals surface area contributed by atoms with Crippen molar-refractivity contribution in [3.63, 3.8) is 0 Å². The Bertz CT molecular complexity index is 736. The lowest BCUT2D eigenvalue weighted by molar-refractivity contribution is -0.122. The van der Waals surface area contributed by atoms with Crippen LogP contribution in [-0.2, 0) is 4.79 Å². The highest BCUT2D eigenvalue weighted by molar-refractivity contribution is 7.12. The number of rotatable bonds is 6. The first-order valence-electron chi connectivity index (χ1n) is 8.49. The number of halogens is 1. The summed E-state index contributed by atoms with van der Waals surface area (Å²) in [6, 6.07) is 9.46. The minimum atomic E-state index is -0.309. The van der Waals surface area contributed by atoms with Gasteiger partial charge in [0.1, 0.15) is 5.82 Å². The van der Waals surface area contributed by atoms with Gasteiger partial charge in [0.25, 0.3) is 5.91 Å². The van der Waals surface area contributed by atoms with Gasteiger partial charge in [-0.15, -0.1) is 11.3 Å². The van der Waals surface area contributed by atoms with Crippen LogP contribution >= 0.6 is 11.3 Å². The average molecular weight is 376 g/mol. The van der Waals surface area contributed by atoms with Crippen LogP contribution in [0.25, 0.3) is 0 Å². The first kappa shape index (κ1) is 20.1. The minimum absolute atomic E-state index is 0.0228. The number of carbonyl (C=O) groups is 2. The molecular formula is C20H25FN2O2S. The third-order valence-corrected chi connectivity index (χ3v) is 4.74. The zero-order valence-corrected chi connectivity index (χ0v) is 16.4. The van der Waals surface area contributed by atoms with E-state index < -0.39 is 0 Å². The molecule has 0 fully saturated rings. The number of benzene rings is 1. The molecule has 1 aromatic carbocycles. The highest BCUT2D eigenvalue weighted by Crippen LogP contribution is 2.29. The highest BCUT2D eigenvalue weighted by atomic mass is 32.1. The van der Waals surface area contributed by atoms with Crippen molar-refractivity contribution in [3.05, 3.63) is 58.0 Å². The molecule has 2 amide bonds. The molecule has 140 valence electrons. The topological polar surface area (TPSA) is 49.4 Å². The van der Waals surface area contributed by atoms with Gasteiger partial charge in [0.15, 0.2) is 0 Å². The lowest BCUT2D eigenvalue weighted by Gasteiger charge is -2.28. The second-order valence-electron chi connectivity index (χ2n) is 7.57. The van der Waals surface area contributed by atoms with Gasteiger partial charge in [-0.3, -0.25) is 9.59 Å². The molecule has 2 aromatic rings. The lowest BCUT2D eigenvalue weighted by atomic mass is 9.85. The maximum atomic E-state index is 13.2. The minimum Gasteiger partial charge on any atom is -0.348 e. The summed E-state index contributed by atoms with van der Waals surface area (Å²) in [6.45, 7) is 6.23. The zero-order valence-electron chi connectivity index (χ0n) is 15.6. The smallest absolute Gasteiger partial charge is 0.264 e. The molecule has 0 aliphatic rings. The Labute approximate surface area is 158 Å². The molecule has 1 N–H and O–H groups in total. The first-order valence-corrected chi connectivity index (χ1v) is 9.37. The van der Waals surface area contributed by atoms with Crippen LogP contribution in [0.3, 0.4) is 0 Å².